The van der Waals surface area contributed by atoms with Gasteiger partial charge in [0.15, 0.2) is 0 Å². The van der Waals surface area contributed by atoms with E-state index in [1.807, 2.05) is 6.92 Å². The van der Waals surface area contributed by atoms with Crippen molar-refractivity contribution in [2.45, 2.75) is 65.1 Å². The molecule has 1 heterocycles. The highest BCUT2D eigenvalue weighted by atomic mass is 19.3. The summed E-state index contributed by atoms with van der Waals surface area (Å²) in [6, 6.07) is 3.45. The van der Waals surface area contributed by atoms with Crippen molar-refractivity contribution in [3.63, 3.8) is 0 Å². The minimum absolute atomic E-state index is 0.142. The smallest absolute Gasteiger partial charge is 0.264 e. The quantitative estimate of drug-likeness (QED) is 0.209. The van der Waals surface area contributed by atoms with Gasteiger partial charge in [0, 0.05) is 73.1 Å². The minimum Gasteiger partial charge on any atom is -0.404 e. The van der Waals surface area contributed by atoms with Gasteiger partial charge in [-0.3, -0.25) is 9.79 Å². The van der Waals surface area contributed by atoms with E-state index in [0.717, 1.165) is 36.1 Å². The first-order valence-electron chi connectivity index (χ1n) is 11.8. The summed E-state index contributed by atoms with van der Waals surface area (Å²) in [5.41, 5.74) is 16.2. The summed E-state index contributed by atoms with van der Waals surface area (Å²) in [6.07, 6.45) is 3.32. The Hall–Kier alpha value is -2.94. The molecule has 7 nitrogen and oxygen atoms in total. The van der Waals surface area contributed by atoms with Crippen molar-refractivity contribution in [1.29, 1.82) is 0 Å². The predicted octanol–water partition coefficient (Wildman–Crippen LogP) is 3.78. The molecular formula is C25H38F2N6O. The summed E-state index contributed by atoms with van der Waals surface area (Å²) in [6.45, 7) is 7.19. The Morgan fingerprint density at radius 1 is 1.29 bits per heavy atom. The first-order valence-corrected chi connectivity index (χ1v) is 11.8. The molecule has 0 aromatic heterocycles. The van der Waals surface area contributed by atoms with Gasteiger partial charge < -0.3 is 27.0 Å². The Bertz CT molecular complexity index is 928. The number of aliphatic imine (C=N–C) groups is 1. The van der Waals surface area contributed by atoms with Crippen molar-refractivity contribution in [1.82, 2.24) is 10.2 Å². The summed E-state index contributed by atoms with van der Waals surface area (Å²) in [5, 5.41) is 6.77. The minimum atomic E-state index is -2.70. The Balaban J connectivity index is 2.52. The highest BCUT2D eigenvalue weighted by Gasteiger charge is 2.25. The number of alkyl halides is 2. The van der Waals surface area contributed by atoms with Gasteiger partial charge in [-0.25, -0.2) is 8.78 Å². The zero-order chi connectivity index (χ0) is 25.3. The monoisotopic (exact) mass is 476 g/mol. The summed E-state index contributed by atoms with van der Waals surface area (Å²) in [5.74, 6) is 0. The lowest BCUT2D eigenvalue weighted by atomic mass is 9.94. The summed E-state index contributed by atoms with van der Waals surface area (Å²) < 4.78 is 28.1. The fourth-order valence-corrected chi connectivity index (χ4v) is 4.05. The van der Waals surface area contributed by atoms with Crippen molar-refractivity contribution >= 4 is 23.9 Å². The first-order chi connectivity index (χ1) is 16.3. The number of benzene rings is 1. The molecule has 34 heavy (non-hydrogen) atoms. The zero-order valence-corrected chi connectivity index (χ0v) is 20.6. The topological polar surface area (TPSA) is 109 Å². The van der Waals surface area contributed by atoms with Crippen molar-refractivity contribution in [3.05, 3.63) is 46.3 Å². The molecule has 0 radical (unpaired) electrons. The molecule has 0 saturated carbocycles. The fourth-order valence-electron chi connectivity index (χ4n) is 4.05. The number of amides is 1. The van der Waals surface area contributed by atoms with Crippen molar-refractivity contribution < 1.29 is 13.6 Å². The van der Waals surface area contributed by atoms with Crippen LogP contribution in [0.3, 0.4) is 0 Å². The number of carbonyl (C=O) groups is 1. The predicted molar refractivity (Wildman–Crippen MR) is 136 cm³/mol. The molecule has 0 fully saturated rings. The third-order valence-electron chi connectivity index (χ3n) is 6.07. The number of carbonyl (C=O) groups excluding carboxylic acids is 1. The molecule has 0 spiro atoms. The van der Waals surface area contributed by atoms with E-state index in [2.05, 4.69) is 29.5 Å². The van der Waals surface area contributed by atoms with Crippen molar-refractivity contribution in [2.24, 2.45) is 16.5 Å². The number of nitrogens with one attached hydrogen (secondary N) is 2. The molecule has 1 amide bonds. The van der Waals surface area contributed by atoms with Gasteiger partial charge in [0.05, 0.1) is 0 Å². The van der Waals surface area contributed by atoms with E-state index >= 15 is 0 Å². The van der Waals surface area contributed by atoms with Gasteiger partial charge >= 0.3 is 0 Å². The van der Waals surface area contributed by atoms with Crippen LogP contribution in [0.25, 0.3) is 5.57 Å². The van der Waals surface area contributed by atoms with Gasteiger partial charge in [-0.1, -0.05) is 20.3 Å². The van der Waals surface area contributed by atoms with Gasteiger partial charge in [-0.15, -0.1) is 0 Å². The number of hydrogen-bond acceptors (Lipinski definition) is 6. The van der Waals surface area contributed by atoms with Crippen molar-refractivity contribution in [2.75, 3.05) is 25.5 Å². The van der Waals surface area contributed by atoms with Crippen LogP contribution in [0, 0.1) is 0 Å². The van der Waals surface area contributed by atoms with Gasteiger partial charge in [0.2, 0.25) is 6.41 Å². The van der Waals surface area contributed by atoms with Crippen LogP contribution in [0.1, 0.15) is 63.1 Å². The van der Waals surface area contributed by atoms with Gasteiger partial charge in [-0.05, 0) is 43.0 Å². The number of hydrogen-bond donors (Lipinski definition) is 4. The number of nitrogens with zero attached hydrogens (tertiary/aromatic N) is 2. The number of nitrogens with two attached hydrogens (primary N) is 2. The lowest BCUT2D eigenvalue weighted by molar-refractivity contribution is -0.118. The standard InChI is InChI=1S/C25H38F2N6O/c1-5-7-17-10-19(18(12-28)13-30-4)20(24(26)27)11-23(17)32-25(29)21-14-33(15-34)9-8-22(21)31-16(3)6-2/h10-13,15-16,24-25,31-32H,5-9,14,28-29H2,1-4H3/b18-12+,30-13?. The highest BCUT2D eigenvalue weighted by Crippen LogP contribution is 2.34. The zero-order valence-electron chi connectivity index (χ0n) is 20.6. The van der Waals surface area contributed by atoms with Gasteiger partial charge in [-0.2, -0.15) is 0 Å². The molecule has 0 aliphatic carbocycles. The first kappa shape index (κ1) is 27.3. The maximum atomic E-state index is 14.1. The Kier molecular flexibility index (Phi) is 10.5. The number of anilines is 1. The van der Waals surface area contributed by atoms with E-state index in [4.69, 9.17) is 11.5 Å². The van der Waals surface area contributed by atoms with Crippen LogP contribution >= 0.6 is 0 Å². The SMILES string of the molecule is CCCc1cc(/C(C=NC)=C/N)c(C(F)F)cc1NC(N)C1=C(NC(C)CC)CCN(C=O)C1. The molecule has 188 valence electrons. The molecule has 1 aliphatic rings. The second kappa shape index (κ2) is 13.1. The molecule has 0 saturated heterocycles. The van der Waals surface area contributed by atoms with Gasteiger partial charge in [0.1, 0.15) is 6.17 Å². The third kappa shape index (κ3) is 6.79. The van der Waals surface area contributed by atoms with E-state index < -0.39 is 12.6 Å². The van der Waals surface area contributed by atoms with E-state index in [0.29, 0.717) is 42.8 Å². The fraction of sp³-hybridized carbons (Fsp3) is 0.520. The number of rotatable bonds is 12. The molecular weight excluding hydrogens is 438 g/mol. The lowest BCUT2D eigenvalue weighted by Gasteiger charge is -2.33. The summed E-state index contributed by atoms with van der Waals surface area (Å²) in [4.78, 5) is 17.0. The van der Waals surface area contributed by atoms with Crippen LogP contribution in [0.4, 0.5) is 14.5 Å². The second-order valence-electron chi connectivity index (χ2n) is 8.56. The van der Waals surface area contributed by atoms with Crippen LogP contribution in [-0.4, -0.2) is 49.9 Å². The molecule has 1 aromatic rings. The van der Waals surface area contributed by atoms with Crippen LogP contribution in [-0.2, 0) is 11.2 Å². The van der Waals surface area contributed by atoms with E-state index in [1.54, 1.807) is 18.0 Å². The molecule has 2 rings (SSSR count). The Morgan fingerprint density at radius 2 is 2.03 bits per heavy atom. The maximum absolute atomic E-state index is 14.1. The molecule has 0 bridgehead atoms. The average molecular weight is 477 g/mol. The lowest BCUT2D eigenvalue weighted by Crippen LogP contribution is -2.44. The van der Waals surface area contributed by atoms with Crippen LogP contribution < -0.4 is 22.1 Å². The normalized spacial score (nSPS) is 16.8. The highest BCUT2D eigenvalue weighted by molar-refractivity contribution is 6.10. The number of halogens is 2. The largest absolute Gasteiger partial charge is 0.404 e. The number of allylic oxidation sites excluding steroid dienone is 1. The molecule has 2 atom stereocenters. The summed E-state index contributed by atoms with van der Waals surface area (Å²) in [7, 11) is 1.57. The molecule has 9 heteroatoms. The van der Waals surface area contributed by atoms with E-state index in [-0.39, 0.29) is 11.6 Å². The Morgan fingerprint density at radius 3 is 2.59 bits per heavy atom. The van der Waals surface area contributed by atoms with Gasteiger partial charge in [0.25, 0.3) is 6.43 Å². The van der Waals surface area contributed by atoms with E-state index in [9.17, 15) is 13.6 Å². The second-order valence-corrected chi connectivity index (χ2v) is 8.56. The van der Waals surface area contributed by atoms with E-state index in [1.165, 1.54) is 18.5 Å². The molecule has 1 aromatic carbocycles. The molecule has 6 N–H and O–H groups in total. The van der Waals surface area contributed by atoms with Crippen LogP contribution in [0.5, 0.6) is 0 Å². The molecule has 1 aliphatic heterocycles. The Labute approximate surface area is 201 Å². The number of aryl methyl sites for hydroxylation is 1. The maximum Gasteiger partial charge on any atom is 0.264 e. The third-order valence-corrected chi connectivity index (χ3v) is 6.07. The van der Waals surface area contributed by atoms with Crippen molar-refractivity contribution in [3.8, 4) is 0 Å². The average Bonchev–Trinajstić information content (AvgIpc) is 2.83. The summed E-state index contributed by atoms with van der Waals surface area (Å²) >= 11 is 0. The molecule has 2 unspecified atom stereocenters. The van der Waals surface area contributed by atoms with Crippen LogP contribution in [0.2, 0.25) is 0 Å². The van der Waals surface area contributed by atoms with Crippen LogP contribution in [0.15, 0.2) is 34.6 Å².